The van der Waals surface area contributed by atoms with Gasteiger partial charge in [-0.05, 0) is 30.5 Å². The second kappa shape index (κ2) is 13.2. The van der Waals surface area contributed by atoms with Crippen LogP contribution in [0.2, 0.25) is 5.02 Å². The number of guanidine groups is 1. The Bertz CT molecular complexity index is 824. The fourth-order valence-corrected chi connectivity index (χ4v) is 3.63. The highest BCUT2D eigenvalue weighted by Crippen LogP contribution is 2.24. The Labute approximate surface area is 207 Å². The molecule has 1 aromatic heterocycles. The quantitative estimate of drug-likeness (QED) is 0.286. The van der Waals surface area contributed by atoms with Crippen LogP contribution in [0.3, 0.4) is 0 Å². The first-order chi connectivity index (χ1) is 14.6. The first kappa shape index (κ1) is 25.9. The SMILES string of the molecule is CCNC(=NCc1cc(C(C)C)no1)NCC(c1cccc(Cl)c1)N1CCOCC1.I. The van der Waals surface area contributed by atoms with Crippen molar-refractivity contribution < 1.29 is 9.26 Å². The molecule has 1 aliphatic heterocycles. The summed E-state index contributed by atoms with van der Waals surface area (Å²) in [7, 11) is 0. The Morgan fingerprint density at radius 1 is 1.23 bits per heavy atom. The van der Waals surface area contributed by atoms with Gasteiger partial charge in [-0.15, -0.1) is 24.0 Å². The van der Waals surface area contributed by atoms with E-state index in [-0.39, 0.29) is 30.0 Å². The van der Waals surface area contributed by atoms with Gasteiger partial charge in [0.1, 0.15) is 6.54 Å². The fourth-order valence-electron chi connectivity index (χ4n) is 3.43. The van der Waals surface area contributed by atoms with Gasteiger partial charge in [-0.1, -0.05) is 42.7 Å². The Hall–Kier alpha value is -1.36. The molecule has 3 rings (SSSR count). The van der Waals surface area contributed by atoms with E-state index < -0.39 is 0 Å². The van der Waals surface area contributed by atoms with Gasteiger partial charge in [0.05, 0.1) is 24.9 Å². The predicted octanol–water partition coefficient (Wildman–Crippen LogP) is 4.20. The van der Waals surface area contributed by atoms with E-state index in [1.165, 1.54) is 5.56 Å². The summed E-state index contributed by atoms with van der Waals surface area (Å²) in [6.45, 7) is 11.4. The minimum absolute atomic E-state index is 0. The molecule has 0 saturated carbocycles. The topological polar surface area (TPSA) is 74.9 Å². The molecule has 1 atom stereocenters. The number of aliphatic imine (C=N–C) groups is 1. The van der Waals surface area contributed by atoms with Crippen molar-refractivity contribution in [2.24, 2.45) is 4.99 Å². The third kappa shape index (κ3) is 7.93. The van der Waals surface area contributed by atoms with Crippen LogP contribution in [-0.4, -0.2) is 55.4 Å². The molecule has 0 radical (unpaired) electrons. The Morgan fingerprint density at radius 3 is 2.65 bits per heavy atom. The molecule has 1 aliphatic rings. The van der Waals surface area contributed by atoms with Gasteiger partial charge in [-0.3, -0.25) is 4.90 Å². The molecule has 1 aromatic carbocycles. The number of benzene rings is 1. The van der Waals surface area contributed by atoms with Crippen LogP contribution in [-0.2, 0) is 11.3 Å². The second-order valence-electron chi connectivity index (χ2n) is 7.67. The van der Waals surface area contributed by atoms with E-state index in [0.29, 0.717) is 19.0 Å². The van der Waals surface area contributed by atoms with E-state index in [2.05, 4.69) is 52.5 Å². The third-order valence-electron chi connectivity index (χ3n) is 5.09. The van der Waals surface area contributed by atoms with Crippen molar-refractivity contribution in [2.45, 2.75) is 39.3 Å². The van der Waals surface area contributed by atoms with Gasteiger partial charge in [0.2, 0.25) is 0 Å². The third-order valence-corrected chi connectivity index (χ3v) is 5.32. The molecule has 172 valence electrons. The number of nitrogens with zero attached hydrogens (tertiary/aromatic N) is 3. The van der Waals surface area contributed by atoms with Gasteiger partial charge in [0, 0.05) is 37.3 Å². The van der Waals surface area contributed by atoms with Crippen molar-refractivity contribution >= 4 is 41.5 Å². The van der Waals surface area contributed by atoms with Crippen LogP contribution in [0.25, 0.3) is 0 Å². The van der Waals surface area contributed by atoms with E-state index in [1.807, 2.05) is 24.3 Å². The average Bonchev–Trinajstić information content (AvgIpc) is 3.22. The maximum absolute atomic E-state index is 6.27. The maximum atomic E-state index is 6.27. The number of nitrogens with one attached hydrogen (secondary N) is 2. The van der Waals surface area contributed by atoms with Crippen LogP contribution in [0, 0.1) is 0 Å². The molecule has 0 amide bonds. The van der Waals surface area contributed by atoms with Gasteiger partial charge in [-0.25, -0.2) is 4.99 Å². The van der Waals surface area contributed by atoms with Crippen LogP contribution < -0.4 is 10.6 Å². The predicted molar refractivity (Wildman–Crippen MR) is 135 cm³/mol. The number of aromatic nitrogens is 1. The molecule has 0 aliphatic carbocycles. The molecule has 1 saturated heterocycles. The van der Waals surface area contributed by atoms with E-state index in [9.17, 15) is 0 Å². The zero-order valence-corrected chi connectivity index (χ0v) is 21.5. The molecular weight excluding hydrogens is 529 g/mol. The van der Waals surface area contributed by atoms with E-state index in [1.54, 1.807) is 0 Å². The number of hydrogen-bond acceptors (Lipinski definition) is 5. The summed E-state index contributed by atoms with van der Waals surface area (Å²) in [4.78, 5) is 7.10. The van der Waals surface area contributed by atoms with Crippen molar-refractivity contribution in [1.82, 2.24) is 20.7 Å². The molecule has 1 fully saturated rings. The van der Waals surface area contributed by atoms with Crippen LogP contribution in [0.5, 0.6) is 0 Å². The Morgan fingerprint density at radius 2 is 2.00 bits per heavy atom. The largest absolute Gasteiger partial charge is 0.379 e. The summed E-state index contributed by atoms with van der Waals surface area (Å²) in [6, 6.07) is 10.2. The summed E-state index contributed by atoms with van der Waals surface area (Å²) in [5.41, 5.74) is 2.14. The lowest BCUT2D eigenvalue weighted by Gasteiger charge is -2.35. The van der Waals surface area contributed by atoms with E-state index in [4.69, 9.17) is 20.9 Å². The lowest BCUT2D eigenvalue weighted by atomic mass is 10.0. The molecule has 0 spiro atoms. The molecule has 9 heteroatoms. The summed E-state index contributed by atoms with van der Waals surface area (Å²) in [6.07, 6.45) is 0. The van der Waals surface area contributed by atoms with Gasteiger partial charge in [-0.2, -0.15) is 0 Å². The molecule has 2 aromatic rings. The molecule has 2 N–H and O–H groups in total. The summed E-state index contributed by atoms with van der Waals surface area (Å²) < 4.78 is 10.9. The van der Waals surface area contributed by atoms with Gasteiger partial charge in [0.25, 0.3) is 0 Å². The lowest BCUT2D eigenvalue weighted by molar-refractivity contribution is 0.0170. The second-order valence-corrected chi connectivity index (χ2v) is 8.10. The monoisotopic (exact) mass is 561 g/mol. The number of morpholine rings is 1. The lowest BCUT2D eigenvalue weighted by Crippen LogP contribution is -2.46. The minimum atomic E-state index is 0. The Balaban J connectivity index is 0.00000341. The van der Waals surface area contributed by atoms with Crippen LogP contribution in [0.1, 0.15) is 49.7 Å². The van der Waals surface area contributed by atoms with Crippen molar-refractivity contribution in [1.29, 1.82) is 0 Å². The first-order valence-corrected chi connectivity index (χ1v) is 11.0. The summed E-state index contributed by atoms with van der Waals surface area (Å²) >= 11 is 6.27. The number of halogens is 2. The number of ether oxygens (including phenoxy) is 1. The van der Waals surface area contributed by atoms with Crippen molar-refractivity contribution in [3.8, 4) is 0 Å². The van der Waals surface area contributed by atoms with Crippen molar-refractivity contribution in [2.75, 3.05) is 39.4 Å². The average molecular weight is 562 g/mol. The van der Waals surface area contributed by atoms with Gasteiger partial charge >= 0.3 is 0 Å². The Kier molecular flexibility index (Phi) is 11.1. The number of rotatable bonds is 8. The number of hydrogen-bond donors (Lipinski definition) is 2. The van der Waals surface area contributed by atoms with Crippen LogP contribution in [0.15, 0.2) is 39.8 Å². The normalized spacial score (nSPS) is 16.1. The fraction of sp³-hybridized carbons (Fsp3) is 0.545. The van der Waals surface area contributed by atoms with Gasteiger partial charge in [0.15, 0.2) is 11.7 Å². The van der Waals surface area contributed by atoms with Crippen LogP contribution >= 0.6 is 35.6 Å². The van der Waals surface area contributed by atoms with E-state index >= 15 is 0 Å². The maximum Gasteiger partial charge on any atom is 0.191 e. The highest BCUT2D eigenvalue weighted by molar-refractivity contribution is 14.0. The molecular formula is C22H33ClIN5O2. The summed E-state index contributed by atoms with van der Waals surface area (Å²) in [5, 5.41) is 11.7. The zero-order chi connectivity index (χ0) is 21.3. The standard InChI is InChI=1S/C22H32ClN5O2.HI/c1-4-24-22(25-14-19-13-20(16(2)3)27-30-19)26-15-21(28-8-10-29-11-9-28)17-6-5-7-18(23)12-17;/h5-7,12-13,16,21H,4,8-11,14-15H2,1-3H3,(H2,24,25,26);1H. The van der Waals surface area contributed by atoms with Crippen LogP contribution in [0.4, 0.5) is 0 Å². The minimum Gasteiger partial charge on any atom is -0.379 e. The zero-order valence-electron chi connectivity index (χ0n) is 18.4. The molecule has 0 bridgehead atoms. The molecule has 2 heterocycles. The first-order valence-electron chi connectivity index (χ1n) is 10.6. The van der Waals surface area contributed by atoms with E-state index in [0.717, 1.165) is 55.3 Å². The van der Waals surface area contributed by atoms with Gasteiger partial charge < -0.3 is 19.9 Å². The molecule has 7 nitrogen and oxygen atoms in total. The molecule has 31 heavy (non-hydrogen) atoms. The highest BCUT2D eigenvalue weighted by Gasteiger charge is 2.23. The smallest absolute Gasteiger partial charge is 0.191 e. The summed E-state index contributed by atoms with van der Waals surface area (Å²) in [5.74, 6) is 1.85. The highest BCUT2D eigenvalue weighted by atomic mass is 127. The van der Waals surface area contributed by atoms with Crippen molar-refractivity contribution in [3.05, 3.63) is 52.4 Å². The van der Waals surface area contributed by atoms with Crippen molar-refractivity contribution in [3.63, 3.8) is 0 Å². The molecule has 1 unspecified atom stereocenters.